The van der Waals surface area contributed by atoms with Gasteiger partial charge < -0.3 is 15.0 Å². The van der Waals surface area contributed by atoms with Crippen LogP contribution in [0.2, 0.25) is 0 Å². The maximum absolute atomic E-state index is 13.0. The Morgan fingerprint density at radius 1 is 0.966 bits per heavy atom. The van der Waals surface area contributed by atoms with Crippen LogP contribution in [0.25, 0.3) is 0 Å². The Balaban J connectivity index is 1.52. The SMILES string of the molecule is O=C(NCCc1ccc(F)cc1)c1ccccc1OCC(=O)N1CCCCCC1. The van der Waals surface area contributed by atoms with Gasteiger partial charge in [0.2, 0.25) is 0 Å². The molecule has 154 valence electrons. The van der Waals surface area contributed by atoms with E-state index >= 15 is 0 Å². The molecular formula is C23H27FN2O3. The fourth-order valence-electron chi connectivity index (χ4n) is 3.40. The molecule has 0 atom stereocenters. The molecule has 0 aromatic heterocycles. The zero-order valence-corrected chi connectivity index (χ0v) is 16.5. The molecule has 1 aliphatic rings. The number of carbonyl (C=O) groups excluding carboxylic acids is 2. The van der Waals surface area contributed by atoms with Crippen molar-refractivity contribution in [2.24, 2.45) is 0 Å². The molecule has 0 unspecified atom stereocenters. The maximum Gasteiger partial charge on any atom is 0.260 e. The molecule has 0 aliphatic carbocycles. The summed E-state index contributed by atoms with van der Waals surface area (Å²) in [5.41, 5.74) is 1.34. The summed E-state index contributed by atoms with van der Waals surface area (Å²) in [5, 5.41) is 2.85. The van der Waals surface area contributed by atoms with Crippen LogP contribution >= 0.6 is 0 Å². The topological polar surface area (TPSA) is 58.6 Å². The predicted octanol–water partition coefficient (Wildman–Crippen LogP) is 3.58. The second-order valence-corrected chi connectivity index (χ2v) is 7.21. The zero-order valence-electron chi connectivity index (χ0n) is 16.5. The number of ether oxygens (including phenoxy) is 1. The number of hydrogen-bond donors (Lipinski definition) is 1. The lowest BCUT2D eigenvalue weighted by Crippen LogP contribution is -2.35. The van der Waals surface area contributed by atoms with Gasteiger partial charge >= 0.3 is 0 Å². The predicted molar refractivity (Wildman–Crippen MR) is 109 cm³/mol. The molecule has 3 rings (SSSR count). The average molecular weight is 398 g/mol. The molecule has 29 heavy (non-hydrogen) atoms. The van der Waals surface area contributed by atoms with E-state index in [1.165, 1.54) is 12.1 Å². The molecular weight excluding hydrogens is 371 g/mol. The van der Waals surface area contributed by atoms with E-state index in [1.807, 2.05) is 4.90 Å². The molecule has 0 radical (unpaired) electrons. The van der Waals surface area contributed by atoms with Crippen LogP contribution < -0.4 is 10.1 Å². The summed E-state index contributed by atoms with van der Waals surface area (Å²) in [6, 6.07) is 13.1. The van der Waals surface area contributed by atoms with Crippen molar-refractivity contribution in [3.63, 3.8) is 0 Å². The van der Waals surface area contributed by atoms with Crippen molar-refractivity contribution in [1.29, 1.82) is 0 Å². The van der Waals surface area contributed by atoms with Gasteiger partial charge in [0.25, 0.3) is 11.8 Å². The summed E-state index contributed by atoms with van der Waals surface area (Å²) >= 11 is 0. The van der Waals surface area contributed by atoms with Gasteiger partial charge in [-0.1, -0.05) is 37.1 Å². The van der Waals surface area contributed by atoms with E-state index in [1.54, 1.807) is 36.4 Å². The van der Waals surface area contributed by atoms with Gasteiger partial charge in [0.15, 0.2) is 6.61 Å². The molecule has 1 saturated heterocycles. The summed E-state index contributed by atoms with van der Waals surface area (Å²) < 4.78 is 18.7. The van der Waals surface area contributed by atoms with E-state index < -0.39 is 0 Å². The fourth-order valence-corrected chi connectivity index (χ4v) is 3.40. The summed E-state index contributed by atoms with van der Waals surface area (Å²) in [4.78, 5) is 26.8. The molecule has 1 heterocycles. The van der Waals surface area contributed by atoms with E-state index in [4.69, 9.17) is 4.74 Å². The van der Waals surface area contributed by atoms with Crippen LogP contribution in [0.5, 0.6) is 5.75 Å². The van der Waals surface area contributed by atoms with Crippen LogP contribution in [0, 0.1) is 5.82 Å². The molecule has 0 bridgehead atoms. The minimum Gasteiger partial charge on any atom is -0.483 e. The van der Waals surface area contributed by atoms with Crippen LogP contribution in [-0.2, 0) is 11.2 Å². The van der Waals surface area contributed by atoms with Gasteiger partial charge in [-0.2, -0.15) is 0 Å². The number of amides is 2. The Bertz CT molecular complexity index is 815. The highest BCUT2D eigenvalue weighted by molar-refractivity contribution is 5.97. The first-order valence-electron chi connectivity index (χ1n) is 10.2. The largest absolute Gasteiger partial charge is 0.483 e. The normalized spacial score (nSPS) is 14.2. The number of halogens is 1. The van der Waals surface area contributed by atoms with Crippen LogP contribution in [0.15, 0.2) is 48.5 Å². The van der Waals surface area contributed by atoms with Gasteiger partial charge in [-0.15, -0.1) is 0 Å². The molecule has 2 aromatic rings. The second kappa shape index (κ2) is 10.6. The Morgan fingerprint density at radius 3 is 2.38 bits per heavy atom. The Morgan fingerprint density at radius 2 is 1.66 bits per heavy atom. The lowest BCUT2D eigenvalue weighted by Gasteiger charge is -2.20. The van der Waals surface area contributed by atoms with E-state index in [0.29, 0.717) is 24.3 Å². The first kappa shape index (κ1) is 20.8. The summed E-state index contributed by atoms with van der Waals surface area (Å²) in [6.07, 6.45) is 4.97. The molecule has 0 saturated carbocycles. The van der Waals surface area contributed by atoms with Gasteiger partial charge in [0, 0.05) is 19.6 Å². The van der Waals surface area contributed by atoms with Gasteiger partial charge in [0.05, 0.1) is 5.56 Å². The summed E-state index contributed by atoms with van der Waals surface area (Å²) in [6.45, 7) is 1.90. The quantitative estimate of drug-likeness (QED) is 0.776. The average Bonchev–Trinajstić information content (AvgIpc) is 3.03. The maximum atomic E-state index is 13.0. The third kappa shape index (κ3) is 6.31. The number of hydrogen-bond acceptors (Lipinski definition) is 3. The van der Waals surface area contributed by atoms with Crippen molar-refractivity contribution < 1.29 is 18.7 Å². The highest BCUT2D eigenvalue weighted by Crippen LogP contribution is 2.18. The third-order valence-corrected chi connectivity index (χ3v) is 5.05. The van der Waals surface area contributed by atoms with Gasteiger partial charge in [-0.25, -0.2) is 4.39 Å². The van der Waals surface area contributed by atoms with Crippen molar-refractivity contribution in [2.45, 2.75) is 32.1 Å². The van der Waals surface area contributed by atoms with E-state index in [2.05, 4.69) is 5.32 Å². The highest BCUT2D eigenvalue weighted by Gasteiger charge is 2.18. The molecule has 0 spiro atoms. The van der Waals surface area contributed by atoms with Crippen molar-refractivity contribution in [2.75, 3.05) is 26.2 Å². The summed E-state index contributed by atoms with van der Waals surface area (Å²) in [5.74, 6) is -0.183. The van der Waals surface area contributed by atoms with Crippen LogP contribution in [0.3, 0.4) is 0 Å². The minimum atomic E-state index is -0.279. The minimum absolute atomic E-state index is 0.0431. The molecule has 2 amide bonds. The highest BCUT2D eigenvalue weighted by atomic mass is 19.1. The van der Waals surface area contributed by atoms with E-state index in [-0.39, 0.29) is 24.2 Å². The number of nitrogens with zero attached hydrogens (tertiary/aromatic N) is 1. The fraction of sp³-hybridized carbons (Fsp3) is 0.391. The van der Waals surface area contributed by atoms with E-state index in [0.717, 1.165) is 44.3 Å². The van der Waals surface area contributed by atoms with Gasteiger partial charge in [-0.05, 0) is 49.1 Å². The van der Waals surface area contributed by atoms with Crippen LogP contribution in [0.1, 0.15) is 41.6 Å². The van der Waals surface area contributed by atoms with E-state index in [9.17, 15) is 14.0 Å². The first-order valence-corrected chi connectivity index (χ1v) is 10.2. The number of carbonyl (C=O) groups is 2. The number of nitrogens with one attached hydrogen (secondary N) is 1. The Labute approximate surface area is 170 Å². The summed E-state index contributed by atoms with van der Waals surface area (Å²) in [7, 11) is 0. The monoisotopic (exact) mass is 398 g/mol. The standard InChI is InChI=1S/C23H27FN2O3/c24-19-11-9-18(10-12-19)13-14-25-23(28)20-7-3-4-8-21(20)29-17-22(27)26-15-5-1-2-6-16-26/h3-4,7-12H,1-2,5-6,13-17H2,(H,25,28). The molecule has 2 aromatic carbocycles. The van der Waals surface area contributed by atoms with Crippen molar-refractivity contribution in [1.82, 2.24) is 10.2 Å². The lowest BCUT2D eigenvalue weighted by molar-refractivity contribution is -0.133. The number of benzene rings is 2. The second-order valence-electron chi connectivity index (χ2n) is 7.21. The number of para-hydroxylation sites is 1. The molecule has 5 nitrogen and oxygen atoms in total. The van der Waals surface area contributed by atoms with Gasteiger partial charge in [0.1, 0.15) is 11.6 Å². The van der Waals surface area contributed by atoms with Crippen LogP contribution in [0.4, 0.5) is 4.39 Å². The first-order chi connectivity index (χ1) is 14.1. The lowest BCUT2D eigenvalue weighted by atomic mass is 10.1. The molecule has 1 N–H and O–H groups in total. The smallest absolute Gasteiger partial charge is 0.260 e. The molecule has 1 fully saturated rings. The number of rotatable bonds is 7. The van der Waals surface area contributed by atoms with Crippen molar-refractivity contribution in [3.8, 4) is 5.75 Å². The zero-order chi connectivity index (χ0) is 20.5. The number of likely N-dealkylation sites (tertiary alicyclic amines) is 1. The van der Waals surface area contributed by atoms with Crippen LogP contribution in [-0.4, -0.2) is 43.0 Å². The van der Waals surface area contributed by atoms with Crippen molar-refractivity contribution in [3.05, 3.63) is 65.5 Å². The van der Waals surface area contributed by atoms with Crippen molar-refractivity contribution >= 4 is 11.8 Å². The molecule has 6 heteroatoms. The molecule has 1 aliphatic heterocycles. The van der Waals surface area contributed by atoms with Gasteiger partial charge in [-0.3, -0.25) is 9.59 Å². The third-order valence-electron chi connectivity index (χ3n) is 5.05. The Kier molecular flexibility index (Phi) is 7.61. The Hall–Kier alpha value is -2.89.